The summed E-state index contributed by atoms with van der Waals surface area (Å²) in [5, 5.41) is 12.7. The lowest BCUT2D eigenvalue weighted by molar-refractivity contribution is -0.143. The highest BCUT2D eigenvalue weighted by Crippen LogP contribution is 2.35. The topological polar surface area (TPSA) is 55.1 Å². The number of aromatic carboxylic acids is 1. The van der Waals surface area contributed by atoms with E-state index in [1.807, 2.05) is 0 Å². The van der Waals surface area contributed by atoms with Crippen LogP contribution in [0.25, 0.3) is 5.69 Å². The fraction of sp³-hybridized carbons (Fsp3) is 0.231. The van der Waals surface area contributed by atoms with Crippen molar-refractivity contribution in [2.75, 3.05) is 0 Å². The third-order valence-electron chi connectivity index (χ3n) is 2.89. The van der Waals surface area contributed by atoms with E-state index in [1.54, 1.807) is 25.1 Å². The van der Waals surface area contributed by atoms with E-state index in [9.17, 15) is 18.0 Å². The van der Waals surface area contributed by atoms with Crippen molar-refractivity contribution in [1.82, 2.24) is 9.78 Å². The quantitative estimate of drug-likeness (QED) is 0.921. The molecule has 1 heterocycles. The number of aromatic nitrogens is 2. The summed E-state index contributed by atoms with van der Waals surface area (Å²) in [5.74, 6) is -1.64. The van der Waals surface area contributed by atoms with Crippen LogP contribution >= 0.6 is 0 Å². The number of benzene rings is 1. The van der Waals surface area contributed by atoms with Crippen LogP contribution in [-0.4, -0.2) is 20.9 Å². The molecule has 106 valence electrons. The molecule has 0 aliphatic rings. The van der Waals surface area contributed by atoms with E-state index in [0.29, 0.717) is 10.2 Å². The number of para-hydroxylation sites is 1. The molecule has 0 fully saturated rings. The van der Waals surface area contributed by atoms with Crippen LogP contribution in [0.15, 0.2) is 24.3 Å². The average Bonchev–Trinajstić information content (AvgIpc) is 2.67. The number of rotatable bonds is 2. The molecule has 0 aliphatic carbocycles. The highest BCUT2D eigenvalue weighted by atomic mass is 19.4. The van der Waals surface area contributed by atoms with E-state index in [4.69, 9.17) is 5.11 Å². The van der Waals surface area contributed by atoms with Crippen LogP contribution in [0.5, 0.6) is 0 Å². The second-order valence-corrected chi connectivity index (χ2v) is 4.31. The van der Waals surface area contributed by atoms with Crippen molar-refractivity contribution in [3.05, 3.63) is 46.8 Å². The second kappa shape index (κ2) is 4.66. The molecule has 0 bridgehead atoms. The Morgan fingerprint density at radius 3 is 2.35 bits per heavy atom. The molecule has 0 unspecified atom stereocenters. The Morgan fingerprint density at radius 2 is 1.85 bits per heavy atom. The normalized spacial score (nSPS) is 11.7. The zero-order valence-corrected chi connectivity index (χ0v) is 10.7. The van der Waals surface area contributed by atoms with Gasteiger partial charge in [0.2, 0.25) is 0 Å². The molecule has 0 saturated heterocycles. The molecule has 0 aliphatic heterocycles. The van der Waals surface area contributed by atoms with Crippen LogP contribution in [0.4, 0.5) is 13.2 Å². The van der Waals surface area contributed by atoms with Crippen LogP contribution in [0.1, 0.15) is 27.3 Å². The van der Waals surface area contributed by atoms with Gasteiger partial charge in [0.05, 0.1) is 11.4 Å². The maximum absolute atomic E-state index is 13.2. The molecule has 2 rings (SSSR count). The molecule has 0 atom stereocenters. The largest absolute Gasteiger partial charge is 0.478 e. The van der Waals surface area contributed by atoms with Gasteiger partial charge in [-0.25, -0.2) is 9.48 Å². The van der Waals surface area contributed by atoms with Crippen molar-refractivity contribution in [3.8, 4) is 5.69 Å². The van der Waals surface area contributed by atoms with Crippen LogP contribution in [0, 0.1) is 13.8 Å². The van der Waals surface area contributed by atoms with E-state index in [2.05, 4.69) is 5.10 Å². The summed E-state index contributed by atoms with van der Waals surface area (Å²) >= 11 is 0. The molecule has 2 aromatic rings. The number of carbonyl (C=O) groups is 1. The van der Waals surface area contributed by atoms with E-state index >= 15 is 0 Å². The summed E-state index contributed by atoms with van der Waals surface area (Å²) in [6, 6.07) is 6.34. The van der Waals surface area contributed by atoms with Gasteiger partial charge in [-0.3, -0.25) is 0 Å². The number of hydrogen-bond donors (Lipinski definition) is 1. The molecule has 4 nitrogen and oxygen atoms in total. The highest BCUT2D eigenvalue weighted by Gasteiger charge is 2.42. The van der Waals surface area contributed by atoms with Crippen molar-refractivity contribution < 1.29 is 23.1 Å². The fourth-order valence-corrected chi connectivity index (χ4v) is 2.02. The lowest BCUT2D eigenvalue weighted by atomic mass is 10.1. The Hall–Kier alpha value is -2.31. The summed E-state index contributed by atoms with van der Waals surface area (Å²) in [5.41, 5.74) is -1.49. The number of aryl methyl sites for hydroxylation is 2. The standard InChI is InChI=1S/C13H11F3N2O2/c1-7-5-3-4-6-9(7)18-11(13(14,15)16)10(12(19)20)8(2)17-18/h3-6H,1-2H3,(H,19,20). The minimum absolute atomic E-state index is 0.173. The fourth-order valence-electron chi connectivity index (χ4n) is 2.02. The van der Waals surface area contributed by atoms with E-state index in [1.165, 1.54) is 13.0 Å². The predicted molar refractivity (Wildman–Crippen MR) is 65.0 cm³/mol. The Balaban J connectivity index is 2.82. The Morgan fingerprint density at radius 1 is 1.25 bits per heavy atom. The highest BCUT2D eigenvalue weighted by molar-refractivity contribution is 5.90. The van der Waals surface area contributed by atoms with Gasteiger partial charge in [0, 0.05) is 0 Å². The van der Waals surface area contributed by atoms with Gasteiger partial charge in [0.25, 0.3) is 0 Å². The first-order valence-corrected chi connectivity index (χ1v) is 5.69. The van der Waals surface area contributed by atoms with Gasteiger partial charge in [-0.1, -0.05) is 18.2 Å². The molecular weight excluding hydrogens is 273 g/mol. The van der Waals surface area contributed by atoms with Crippen LogP contribution in [0.3, 0.4) is 0 Å². The van der Waals surface area contributed by atoms with Gasteiger partial charge in [-0.05, 0) is 25.5 Å². The first kappa shape index (κ1) is 14.1. The molecule has 0 spiro atoms. The van der Waals surface area contributed by atoms with Crippen LogP contribution in [0.2, 0.25) is 0 Å². The van der Waals surface area contributed by atoms with Gasteiger partial charge < -0.3 is 5.11 Å². The van der Waals surface area contributed by atoms with Crippen molar-refractivity contribution >= 4 is 5.97 Å². The molecule has 1 N–H and O–H groups in total. The number of halogens is 3. The molecular formula is C13H11F3N2O2. The first-order valence-electron chi connectivity index (χ1n) is 5.69. The smallest absolute Gasteiger partial charge is 0.434 e. The predicted octanol–water partition coefficient (Wildman–Crippen LogP) is 3.21. The van der Waals surface area contributed by atoms with Crippen molar-refractivity contribution in [1.29, 1.82) is 0 Å². The third-order valence-corrected chi connectivity index (χ3v) is 2.89. The summed E-state index contributed by atoms with van der Waals surface area (Å²) < 4.78 is 40.2. The number of nitrogens with zero attached hydrogens (tertiary/aromatic N) is 2. The van der Waals surface area contributed by atoms with Gasteiger partial charge in [-0.2, -0.15) is 18.3 Å². The maximum atomic E-state index is 13.2. The third kappa shape index (κ3) is 2.26. The summed E-state index contributed by atoms with van der Waals surface area (Å²) in [4.78, 5) is 11.1. The molecule has 20 heavy (non-hydrogen) atoms. The Labute approximate surface area is 112 Å². The van der Waals surface area contributed by atoms with Gasteiger partial charge >= 0.3 is 12.1 Å². The number of alkyl halides is 3. The van der Waals surface area contributed by atoms with Gasteiger partial charge in [-0.15, -0.1) is 0 Å². The monoisotopic (exact) mass is 284 g/mol. The van der Waals surface area contributed by atoms with Crippen LogP contribution < -0.4 is 0 Å². The molecule has 1 aromatic heterocycles. The van der Waals surface area contributed by atoms with Crippen molar-refractivity contribution in [2.45, 2.75) is 20.0 Å². The number of carboxylic acid groups (broad SMARTS) is 1. The lowest BCUT2D eigenvalue weighted by Gasteiger charge is -2.13. The summed E-state index contributed by atoms with van der Waals surface area (Å²) in [6.07, 6.45) is -4.81. The van der Waals surface area contributed by atoms with Gasteiger partial charge in [0.1, 0.15) is 5.56 Å². The maximum Gasteiger partial charge on any atom is 0.434 e. The zero-order chi connectivity index (χ0) is 15.1. The van der Waals surface area contributed by atoms with Crippen molar-refractivity contribution in [2.24, 2.45) is 0 Å². The lowest BCUT2D eigenvalue weighted by Crippen LogP contribution is -2.17. The summed E-state index contributed by atoms with van der Waals surface area (Å²) in [7, 11) is 0. The molecule has 0 radical (unpaired) electrons. The molecule has 0 amide bonds. The Kier molecular flexibility index (Phi) is 3.29. The van der Waals surface area contributed by atoms with Crippen LogP contribution in [-0.2, 0) is 6.18 Å². The molecule has 0 saturated carbocycles. The molecule has 1 aromatic carbocycles. The van der Waals surface area contributed by atoms with E-state index in [0.717, 1.165) is 0 Å². The second-order valence-electron chi connectivity index (χ2n) is 4.31. The first-order chi connectivity index (χ1) is 9.23. The SMILES string of the molecule is Cc1ccccc1-n1nc(C)c(C(=O)O)c1C(F)(F)F. The number of hydrogen-bond acceptors (Lipinski definition) is 2. The van der Waals surface area contributed by atoms with E-state index < -0.39 is 23.4 Å². The Bertz CT molecular complexity index is 675. The van der Waals surface area contributed by atoms with Gasteiger partial charge in [0.15, 0.2) is 5.69 Å². The number of carboxylic acids is 1. The molecule has 7 heteroatoms. The average molecular weight is 284 g/mol. The van der Waals surface area contributed by atoms with E-state index in [-0.39, 0.29) is 11.4 Å². The minimum Gasteiger partial charge on any atom is -0.478 e. The zero-order valence-electron chi connectivity index (χ0n) is 10.7. The minimum atomic E-state index is -4.81. The van der Waals surface area contributed by atoms with Crippen molar-refractivity contribution in [3.63, 3.8) is 0 Å². The summed E-state index contributed by atoms with van der Waals surface area (Å²) in [6.45, 7) is 2.88.